The highest BCUT2D eigenvalue weighted by atomic mass is 19.2. The van der Waals surface area contributed by atoms with E-state index < -0.39 is 62.9 Å². The molecule has 0 aliphatic carbocycles. The van der Waals surface area contributed by atoms with Crippen LogP contribution >= 0.6 is 0 Å². The Balaban J connectivity index is 5.25. The summed E-state index contributed by atoms with van der Waals surface area (Å²) in [7, 11) is -3.09. The molecule has 0 unspecified atom stereocenters. The van der Waals surface area contributed by atoms with Gasteiger partial charge in [-0.3, -0.25) is 0 Å². The largest absolute Gasteiger partial charge is 0.869 e. The number of halogens is 9. The van der Waals surface area contributed by atoms with Gasteiger partial charge in [-0.2, -0.15) is 13.2 Å². The van der Waals surface area contributed by atoms with Crippen LogP contribution in [0.25, 0.3) is 0 Å². The molecule has 0 aromatic carbocycles. The third-order valence-corrected chi connectivity index (χ3v) is 1.59. The van der Waals surface area contributed by atoms with E-state index in [-0.39, 0.29) is 0 Å². The van der Waals surface area contributed by atoms with Crippen molar-refractivity contribution < 1.29 is 53.5 Å². The van der Waals surface area contributed by atoms with Crippen LogP contribution in [0.15, 0.2) is 35.5 Å². The molecule has 0 saturated carbocycles. The minimum Gasteiger partial charge on any atom is -0.465 e. The summed E-state index contributed by atoms with van der Waals surface area (Å²) in [5.41, 5.74) is 0. The van der Waals surface area contributed by atoms with Crippen molar-refractivity contribution in [3.05, 3.63) is 35.5 Å². The molecule has 0 amide bonds. The maximum absolute atomic E-state index is 12.8. The first-order chi connectivity index (χ1) is 10.3. The predicted molar refractivity (Wildman–Crippen MR) is 54.7 cm³/mol. The number of rotatable bonds is 9. The zero-order valence-electron chi connectivity index (χ0n) is 10.3. The molecule has 0 heterocycles. The molecule has 0 aromatic rings. The van der Waals surface area contributed by atoms with Gasteiger partial charge < -0.3 is 14.0 Å². The van der Waals surface area contributed by atoms with E-state index in [1.165, 1.54) is 0 Å². The normalized spacial score (nSPS) is 14.6. The highest BCUT2D eigenvalue weighted by Crippen LogP contribution is 2.20. The Bertz CT molecular complexity index is 399. The molecular weight excluding hydrogens is 338 g/mol. The third kappa shape index (κ3) is 6.67. The van der Waals surface area contributed by atoms with Crippen molar-refractivity contribution in [3.63, 3.8) is 0 Å². The molecule has 0 atom stereocenters. The van der Waals surface area contributed by atoms with Crippen molar-refractivity contribution in [1.82, 2.24) is 0 Å². The second-order valence-electron chi connectivity index (χ2n) is 3.08. The molecule has 0 bridgehead atoms. The van der Waals surface area contributed by atoms with E-state index in [0.29, 0.717) is 0 Å². The second kappa shape index (κ2) is 9.89. The van der Waals surface area contributed by atoms with Crippen LogP contribution < -0.4 is 0 Å². The molecule has 0 aliphatic heterocycles. The first-order valence-electron chi connectivity index (χ1n) is 5.07. The van der Waals surface area contributed by atoms with Gasteiger partial charge in [0.25, 0.3) is 18.0 Å². The third-order valence-electron chi connectivity index (χ3n) is 1.59. The molecule has 0 N–H and O–H groups in total. The van der Waals surface area contributed by atoms with Gasteiger partial charge in [0.1, 0.15) is 20.0 Å². The highest BCUT2D eigenvalue weighted by molar-refractivity contribution is 6.37. The minimum absolute atomic E-state index is 2.05. The number of hydrogen-bond acceptors (Lipinski definition) is 3. The zero-order chi connectivity index (χ0) is 17.3. The molecule has 0 rings (SSSR count). The van der Waals surface area contributed by atoms with Crippen LogP contribution in [-0.4, -0.2) is 27.3 Å². The monoisotopic (exact) mass is 344 g/mol. The van der Waals surface area contributed by atoms with Crippen molar-refractivity contribution >= 4 is 7.32 Å². The van der Waals surface area contributed by atoms with Crippen molar-refractivity contribution in [3.8, 4) is 0 Å². The van der Waals surface area contributed by atoms with Crippen LogP contribution in [-0.2, 0) is 14.0 Å². The van der Waals surface area contributed by atoms with E-state index >= 15 is 0 Å². The van der Waals surface area contributed by atoms with Gasteiger partial charge in [0, 0.05) is 0 Å². The Labute approximate surface area is 117 Å². The van der Waals surface area contributed by atoms with E-state index in [1.54, 1.807) is 0 Å². The summed E-state index contributed by atoms with van der Waals surface area (Å²) < 4.78 is 122. The molecule has 0 fully saturated rings. The molecule has 3 nitrogen and oxygen atoms in total. The standard InChI is InChI=1S/C9H6BF9O3/c11-1-4(14)7(17)20-10(21-8(18)5(15)2-12)22-9(19)6(16)3-13/h1-3H2/b7-4-,8-5-,9-6-. The molecule has 0 aromatic heterocycles. The SMILES string of the molecule is FC/C(F)=C(\F)OB(O/C(F)=C(\F)CF)O/C(F)=C(\F)CF. The van der Waals surface area contributed by atoms with Crippen LogP contribution in [0, 0.1) is 0 Å². The van der Waals surface area contributed by atoms with E-state index in [0.717, 1.165) is 0 Å². The average molecular weight is 344 g/mol. The number of allylic oxidation sites excluding steroid dienone is 3. The first-order valence-corrected chi connectivity index (χ1v) is 5.07. The minimum atomic E-state index is -3.09. The maximum Gasteiger partial charge on any atom is 0.869 e. The molecule has 0 aliphatic rings. The lowest BCUT2D eigenvalue weighted by molar-refractivity contribution is 0.0947. The molecule has 13 heteroatoms. The van der Waals surface area contributed by atoms with Gasteiger partial charge in [-0.25, -0.2) is 26.3 Å². The Kier molecular flexibility index (Phi) is 9.02. The summed E-state index contributed by atoms with van der Waals surface area (Å²) in [5, 5.41) is 0. The van der Waals surface area contributed by atoms with Crippen molar-refractivity contribution in [1.29, 1.82) is 0 Å². The number of alkyl halides is 3. The fraction of sp³-hybridized carbons (Fsp3) is 0.333. The summed E-state index contributed by atoms with van der Waals surface area (Å²) in [6, 6.07) is -7.35. The summed E-state index contributed by atoms with van der Waals surface area (Å²) in [5.74, 6) is -6.66. The summed E-state index contributed by atoms with van der Waals surface area (Å²) in [6.07, 6.45) is 0. The Hall–Kier alpha value is -1.95. The number of hydrogen-bond donors (Lipinski definition) is 0. The lowest BCUT2D eigenvalue weighted by Crippen LogP contribution is -2.26. The summed E-state index contributed by atoms with van der Waals surface area (Å²) in [4.78, 5) is 0. The maximum atomic E-state index is 12.8. The van der Waals surface area contributed by atoms with Crippen LogP contribution in [0.2, 0.25) is 0 Å². The topological polar surface area (TPSA) is 27.7 Å². The van der Waals surface area contributed by atoms with Crippen molar-refractivity contribution in [2.45, 2.75) is 0 Å². The van der Waals surface area contributed by atoms with Gasteiger partial charge in [-0.05, 0) is 0 Å². The van der Waals surface area contributed by atoms with Crippen LogP contribution in [0.3, 0.4) is 0 Å². The quantitative estimate of drug-likeness (QED) is 0.356. The zero-order valence-corrected chi connectivity index (χ0v) is 10.3. The van der Waals surface area contributed by atoms with Crippen molar-refractivity contribution in [2.75, 3.05) is 20.0 Å². The van der Waals surface area contributed by atoms with Gasteiger partial charge in [0.2, 0.25) is 17.5 Å². The molecular formula is C9H6BF9O3. The van der Waals surface area contributed by atoms with Crippen molar-refractivity contribution in [2.24, 2.45) is 0 Å². The lowest BCUT2D eigenvalue weighted by Gasteiger charge is -2.13. The lowest BCUT2D eigenvalue weighted by atomic mass is 10.2. The summed E-state index contributed by atoms with van der Waals surface area (Å²) in [6.45, 7) is -6.15. The highest BCUT2D eigenvalue weighted by Gasteiger charge is 2.36. The molecule has 22 heavy (non-hydrogen) atoms. The van der Waals surface area contributed by atoms with Crippen LogP contribution in [0.1, 0.15) is 0 Å². The Morgan fingerprint density at radius 3 is 0.955 bits per heavy atom. The van der Waals surface area contributed by atoms with Gasteiger partial charge in [-0.15, -0.1) is 0 Å². The van der Waals surface area contributed by atoms with Gasteiger partial charge in [0.05, 0.1) is 0 Å². The predicted octanol–water partition coefficient (Wildman–Crippen LogP) is 4.25. The first kappa shape index (κ1) is 20.1. The van der Waals surface area contributed by atoms with Crippen LogP contribution in [0.4, 0.5) is 39.5 Å². The van der Waals surface area contributed by atoms with E-state index in [1.807, 2.05) is 0 Å². The smallest absolute Gasteiger partial charge is 0.465 e. The van der Waals surface area contributed by atoms with Gasteiger partial charge in [-0.1, -0.05) is 0 Å². The fourth-order valence-corrected chi connectivity index (χ4v) is 0.675. The van der Waals surface area contributed by atoms with E-state index in [2.05, 4.69) is 14.0 Å². The second-order valence-corrected chi connectivity index (χ2v) is 3.08. The fourth-order valence-electron chi connectivity index (χ4n) is 0.675. The summed E-state index contributed by atoms with van der Waals surface area (Å²) >= 11 is 0. The molecule has 0 spiro atoms. The van der Waals surface area contributed by atoms with Crippen LogP contribution in [0.5, 0.6) is 0 Å². The molecule has 0 radical (unpaired) electrons. The van der Waals surface area contributed by atoms with E-state index in [9.17, 15) is 39.5 Å². The average Bonchev–Trinajstić information content (AvgIpc) is 2.51. The van der Waals surface area contributed by atoms with E-state index in [4.69, 9.17) is 0 Å². The molecule has 0 saturated heterocycles. The Morgan fingerprint density at radius 2 is 0.773 bits per heavy atom. The van der Waals surface area contributed by atoms with Gasteiger partial charge >= 0.3 is 7.32 Å². The Morgan fingerprint density at radius 1 is 0.545 bits per heavy atom. The van der Waals surface area contributed by atoms with Gasteiger partial charge in [0.15, 0.2) is 0 Å². The molecule has 126 valence electrons.